The quantitative estimate of drug-likeness (QED) is 0.196. The number of carboxylic acids is 2. The van der Waals surface area contributed by atoms with Crippen molar-refractivity contribution < 1.29 is 63.3 Å². The SMILES string of the molecule is CC(C)(C)OC(=O)N1CC(O)CCC1C(=O)O.CC(C)(C)OC(=O)OC(=O)OC(C)(C)C.O=C(O)C1CCC(O)CC1. The van der Waals surface area contributed by atoms with Gasteiger partial charge in [0.25, 0.3) is 0 Å². The number of carbonyl (C=O) groups is 5. The number of amides is 1. The molecule has 244 valence electrons. The molecule has 0 radical (unpaired) electrons. The van der Waals surface area contributed by atoms with Crippen molar-refractivity contribution in [2.24, 2.45) is 5.92 Å². The fourth-order valence-corrected chi connectivity index (χ4v) is 3.66. The molecule has 0 aromatic rings. The van der Waals surface area contributed by atoms with Crippen molar-refractivity contribution in [3.8, 4) is 0 Å². The summed E-state index contributed by atoms with van der Waals surface area (Å²) in [7, 11) is 0. The van der Waals surface area contributed by atoms with Gasteiger partial charge in [-0.2, -0.15) is 0 Å². The van der Waals surface area contributed by atoms with E-state index in [2.05, 4.69) is 4.74 Å². The molecule has 1 aliphatic heterocycles. The van der Waals surface area contributed by atoms with Gasteiger partial charge >= 0.3 is 30.3 Å². The fraction of sp³-hybridized carbons (Fsp3) is 0.821. The van der Waals surface area contributed by atoms with E-state index in [-0.39, 0.29) is 25.0 Å². The summed E-state index contributed by atoms with van der Waals surface area (Å²) in [6.45, 7) is 15.2. The van der Waals surface area contributed by atoms with Crippen LogP contribution in [0.5, 0.6) is 0 Å². The molecule has 0 aromatic carbocycles. The van der Waals surface area contributed by atoms with Crippen molar-refractivity contribution in [1.82, 2.24) is 4.90 Å². The third kappa shape index (κ3) is 18.3. The molecular weight excluding hydrogens is 558 g/mol. The number of hydrogen-bond acceptors (Lipinski definition) is 11. The molecule has 14 heteroatoms. The summed E-state index contributed by atoms with van der Waals surface area (Å²) < 4.78 is 18.9. The van der Waals surface area contributed by atoms with Gasteiger partial charge < -0.3 is 39.4 Å². The summed E-state index contributed by atoms with van der Waals surface area (Å²) in [5, 5.41) is 36.1. The van der Waals surface area contributed by atoms with Crippen LogP contribution >= 0.6 is 0 Å². The van der Waals surface area contributed by atoms with Gasteiger partial charge in [0.05, 0.1) is 24.7 Å². The first-order chi connectivity index (χ1) is 18.9. The van der Waals surface area contributed by atoms with E-state index in [0.717, 1.165) is 4.90 Å². The highest BCUT2D eigenvalue weighted by molar-refractivity contribution is 5.80. The smallest absolute Gasteiger partial charge is 0.481 e. The van der Waals surface area contributed by atoms with Crippen LogP contribution in [0.25, 0.3) is 0 Å². The minimum Gasteiger partial charge on any atom is -0.481 e. The van der Waals surface area contributed by atoms with Crippen LogP contribution in [0.4, 0.5) is 14.4 Å². The van der Waals surface area contributed by atoms with Crippen molar-refractivity contribution in [2.45, 2.75) is 136 Å². The molecule has 4 N–H and O–H groups in total. The summed E-state index contributed by atoms with van der Waals surface area (Å²) in [5.74, 6) is -1.99. The number of aliphatic hydroxyl groups is 2. The molecular formula is C28H49NO13. The largest absolute Gasteiger partial charge is 0.519 e. The molecule has 1 heterocycles. The van der Waals surface area contributed by atoms with Gasteiger partial charge in [-0.15, -0.1) is 0 Å². The lowest BCUT2D eigenvalue weighted by Gasteiger charge is -2.36. The number of nitrogens with zero attached hydrogens (tertiary/aromatic N) is 1. The van der Waals surface area contributed by atoms with Crippen LogP contribution in [0.2, 0.25) is 0 Å². The summed E-state index contributed by atoms with van der Waals surface area (Å²) >= 11 is 0. The highest BCUT2D eigenvalue weighted by Gasteiger charge is 2.37. The number of hydrogen-bond donors (Lipinski definition) is 4. The van der Waals surface area contributed by atoms with Crippen molar-refractivity contribution in [2.75, 3.05) is 6.54 Å². The van der Waals surface area contributed by atoms with Gasteiger partial charge in [0.15, 0.2) is 0 Å². The number of carboxylic acid groups (broad SMARTS) is 2. The van der Waals surface area contributed by atoms with Gasteiger partial charge in [0.1, 0.15) is 22.8 Å². The Morgan fingerprint density at radius 3 is 1.36 bits per heavy atom. The number of rotatable bonds is 2. The van der Waals surface area contributed by atoms with Crippen molar-refractivity contribution >= 4 is 30.3 Å². The van der Waals surface area contributed by atoms with Crippen LogP contribution in [-0.4, -0.2) is 97.3 Å². The van der Waals surface area contributed by atoms with Gasteiger partial charge in [-0.05, 0) is 101 Å². The third-order valence-electron chi connectivity index (χ3n) is 5.46. The zero-order valence-electron chi connectivity index (χ0n) is 26.2. The number of ether oxygens (including phenoxy) is 4. The molecule has 0 spiro atoms. The van der Waals surface area contributed by atoms with E-state index in [1.54, 1.807) is 62.3 Å². The number of aliphatic carboxylic acids is 2. The predicted molar refractivity (Wildman–Crippen MR) is 149 cm³/mol. The number of carbonyl (C=O) groups excluding carboxylic acids is 3. The van der Waals surface area contributed by atoms with E-state index in [0.29, 0.717) is 32.1 Å². The van der Waals surface area contributed by atoms with E-state index in [4.69, 9.17) is 29.5 Å². The van der Waals surface area contributed by atoms with Gasteiger partial charge in [0, 0.05) is 0 Å². The Hall–Kier alpha value is -3.13. The standard InChI is InChI=1S/C11H19NO5.C10H18O5.C7H12O3/c1-11(2,3)17-10(16)12-6-7(13)4-5-8(12)9(14)15;1-9(2,3)14-7(11)13-8(12)15-10(4,5)6;8-6-3-1-5(2-4-6)7(9)10/h7-8,13H,4-6H2,1-3H3,(H,14,15);1-6H3;5-6,8H,1-4H2,(H,9,10). The first kappa shape index (κ1) is 38.9. The average Bonchev–Trinajstić information content (AvgIpc) is 2.76. The van der Waals surface area contributed by atoms with Gasteiger partial charge in [-0.3, -0.25) is 9.69 Å². The summed E-state index contributed by atoms with van der Waals surface area (Å²) in [5.41, 5.74) is -2.07. The zero-order chi connectivity index (χ0) is 33.1. The van der Waals surface area contributed by atoms with E-state index in [9.17, 15) is 29.1 Å². The molecule has 2 atom stereocenters. The molecule has 1 saturated heterocycles. The normalized spacial score (nSPS) is 22.6. The van der Waals surface area contributed by atoms with Crippen LogP contribution in [0.15, 0.2) is 0 Å². The molecule has 14 nitrogen and oxygen atoms in total. The van der Waals surface area contributed by atoms with Gasteiger partial charge in [0.2, 0.25) is 0 Å². The molecule has 1 amide bonds. The molecule has 2 unspecified atom stereocenters. The summed E-state index contributed by atoms with van der Waals surface area (Å²) in [6, 6.07) is -0.909. The Labute approximate surface area is 247 Å². The predicted octanol–water partition coefficient (Wildman–Crippen LogP) is 4.33. The van der Waals surface area contributed by atoms with E-state index >= 15 is 0 Å². The molecule has 42 heavy (non-hydrogen) atoms. The van der Waals surface area contributed by atoms with Crippen LogP contribution in [0, 0.1) is 5.92 Å². The highest BCUT2D eigenvalue weighted by atomic mass is 16.8. The van der Waals surface area contributed by atoms with Crippen LogP contribution < -0.4 is 0 Å². The Morgan fingerprint density at radius 1 is 0.595 bits per heavy atom. The van der Waals surface area contributed by atoms with Gasteiger partial charge in [-0.1, -0.05) is 0 Å². The Kier molecular flexibility index (Phi) is 15.3. The summed E-state index contributed by atoms with van der Waals surface area (Å²) in [6.07, 6.45) is -0.543. The Balaban J connectivity index is 0.000000620. The minimum atomic E-state index is -1.07. The fourth-order valence-electron chi connectivity index (χ4n) is 3.66. The van der Waals surface area contributed by atoms with E-state index in [1.165, 1.54) is 0 Å². The third-order valence-corrected chi connectivity index (χ3v) is 5.46. The van der Waals surface area contributed by atoms with E-state index in [1.807, 2.05) is 0 Å². The van der Waals surface area contributed by atoms with Crippen molar-refractivity contribution in [3.63, 3.8) is 0 Å². The van der Waals surface area contributed by atoms with E-state index < -0.39 is 59.3 Å². The van der Waals surface area contributed by atoms with Crippen molar-refractivity contribution in [3.05, 3.63) is 0 Å². The topological polar surface area (TPSA) is 206 Å². The molecule has 2 rings (SSSR count). The zero-order valence-corrected chi connectivity index (χ0v) is 26.2. The van der Waals surface area contributed by atoms with Gasteiger partial charge in [-0.25, -0.2) is 19.2 Å². The molecule has 0 aromatic heterocycles. The molecule has 1 aliphatic carbocycles. The summed E-state index contributed by atoms with van der Waals surface area (Å²) in [4.78, 5) is 56.3. The second-order valence-electron chi connectivity index (χ2n) is 13.1. The second-order valence-corrected chi connectivity index (χ2v) is 13.1. The molecule has 0 bridgehead atoms. The van der Waals surface area contributed by atoms with Crippen LogP contribution in [0.1, 0.15) is 101 Å². The van der Waals surface area contributed by atoms with Crippen molar-refractivity contribution in [1.29, 1.82) is 0 Å². The van der Waals surface area contributed by atoms with Crippen LogP contribution in [-0.2, 0) is 28.5 Å². The molecule has 1 saturated carbocycles. The maximum absolute atomic E-state index is 11.8. The average molecular weight is 608 g/mol. The Bertz CT molecular complexity index is 880. The van der Waals surface area contributed by atoms with Crippen LogP contribution in [0.3, 0.4) is 0 Å². The lowest BCUT2D eigenvalue weighted by molar-refractivity contribution is -0.146. The number of aliphatic hydroxyl groups excluding tert-OH is 2. The monoisotopic (exact) mass is 607 g/mol. The number of piperidine rings is 1. The molecule has 2 aliphatic rings. The number of likely N-dealkylation sites (tertiary alicyclic amines) is 1. The minimum absolute atomic E-state index is 0.00583. The Morgan fingerprint density at radius 2 is 1.00 bits per heavy atom. The molecule has 2 fully saturated rings. The number of β-amino-alcohol motifs (C(OH)–C–C–N with tert-alkyl or cyclic N) is 1. The maximum atomic E-state index is 11.8. The first-order valence-corrected chi connectivity index (χ1v) is 13.9. The second kappa shape index (κ2) is 16.5. The lowest BCUT2D eigenvalue weighted by Crippen LogP contribution is -2.53. The first-order valence-electron chi connectivity index (χ1n) is 13.9. The highest BCUT2D eigenvalue weighted by Crippen LogP contribution is 2.24. The lowest BCUT2D eigenvalue weighted by atomic mass is 9.88. The maximum Gasteiger partial charge on any atom is 0.519 e.